The molecule has 1 aliphatic heterocycles. The van der Waals surface area contributed by atoms with Gasteiger partial charge in [0, 0.05) is 30.9 Å². The number of rotatable bonds is 3. The molecular weight excluding hydrogens is 300 g/mol. The van der Waals surface area contributed by atoms with Crippen LogP contribution >= 0.6 is 0 Å². The lowest BCUT2D eigenvalue weighted by molar-refractivity contribution is -0.384. The van der Waals surface area contributed by atoms with Gasteiger partial charge in [0.05, 0.1) is 16.7 Å². The van der Waals surface area contributed by atoms with Crippen LogP contribution in [0.2, 0.25) is 0 Å². The summed E-state index contributed by atoms with van der Waals surface area (Å²) < 4.78 is 0. The molecule has 0 aliphatic carbocycles. The van der Waals surface area contributed by atoms with Gasteiger partial charge in [-0.25, -0.2) is 4.79 Å². The molecule has 2 heterocycles. The summed E-state index contributed by atoms with van der Waals surface area (Å²) in [6.07, 6.45) is 2.45. The van der Waals surface area contributed by atoms with E-state index in [2.05, 4.69) is 10.1 Å². The van der Waals surface area contributed by atoms with Gasteiger partial charge in [-0.2, -0.15) is 10.1 Å². The lowest BCUT2D eigenvalue weighted by Gasteiger charge is -2.18. The maximum atomic E-state index is 11.4. The summed E-state index contributed by atoms with van der Waals surface area (Å²) in [4.78, 5) is 25.6. The third-order valence-corrected chi connectivity index (χ3v) is 3.59. The molecule has 0 unspecified atom stereocenters. The van der Waals surface area contributed by atoms with Crippen LogP contribution in [0.15, 0.2) is 53.9 Å². The highest BCUT2D eigenvalue weighted by atomic mass is 16.6. The summed E-state index contributed by atoms with van der Waals surface area (Å²) >= 11 is 0. The first-order valence-corrected chi connectivity index (χ1v) is 6.80. The number of amides is 1. The number of non-ortho nitro benzene ring substituents is 1. The van der Waals surface area contributed by atoms with Gasteiger partial charge in [0.1, 0.15) is 0 Å². The van der Waals surface area contributed by atoms with E-state index in [4.69, 9.17) is 0 Å². The molecule has 0 fully saturated rings. The average molecular weight is 312 g/mol. The molecule has 0 saturated carbocycles. The Balaban J connectivity index is 1.90. The molecule has 8 heteroatoms. The minimum atomic E-state index is -1.16. The van der Waals surface area contributed by atoms with Crippen LogP contribution < -0.4 is 0 Å². The quantitative estimate of drug-likeness (QED) is 0.692. The molecule has 0 spiro atoms. The Morgan fingerprint density at radius 1 is 1.30 bits per heavy atom. The van der Waals surface area contributed by atoms with E-state index in [1.54, 1.807) is 36.7 Å². The molecule has 1 aliphatic rings. The van der Waals surface area contributed by atoms with E-state index >= 15 is 0 Å². The van der Waals surface area contributed by atoms with Crippen LogP contribution in [0, 0.1) is 10.1 Å². The maximum Gasteiger partial charge on any atom is 0.428 e. The van der Waals surface area contributed by atoms with E-state index in [1.807, 2.05) is 0 Å². The molecule has 1 N–H and O–H groups in total. The third kappa shape index (κ3) is 2.86. The van der Waals surface area contributed by atoms with E-state index in [0.717, 1.165) is 10.6 Å². The van der Waals surface area contributed by atoms with Crippen molar-refractivity contribution in [2.45, 2.75) is 12.5 Å². The van der Waals surface area contributed by atoms with E-state index in [0.29, 0.717) is 17.7 Å². The van der Waals surface area contributed by atoms with Gasteiger partial charge in [0.2, 0.25) is 0 Å². The summed E-state index contributed by atoms with van der Waals surface area (Å²) in [6, 6.07) is 8.97. The lowest BCUT2D eigenvalue weighted by atomic mass is 9.99. The van der Waals surface area contributed by atoms with Crippen molar-refractivity contribution in [2.24, 2.45) is 5.10 Å². The number of pyridine rings is 1. The molecule has 0 bridgehead atoms. The third-order valence-electron chi connectivity index (χ3n) is 3.59. The van der Waals surface area contributed by atoms with Crippen molar-refractivity contribution < 1.29 is 14.8 Å². The number of nitro groups is 1. The fourth-order valence-corrected chi connectivity index (χ4v) is 2.47. The zero-order chi connectivity index (χ0) is 16.4. The number of benzene rings is 1. The molecule has 2 aromatic rings. The van der Waals surface area contributed by atoms with Crippen molar-refractivity contribution in [3.05, 3.63) is 70.0 Å². The number of aromatic nitrogens is 1. The van der Waals surface area contributed by atoms with Crippen LogP contribution in [0.3, 0.4) is 0 Å². The fraction of sp³-hybridized carbons (Fsp3) is 0.133. The first kappa shape index (κ1) is 14.6. The van der Waals surface area contributed by atoms with Crippen molar-refractivity contribution in [2.75, 3.05) is 0 Å². The molecule has 1 aromatic heterocycles. The monoisotopic (exact) mass is 312 g/mol. The van der Waals surface area contributed by atoms with Crippen LogP contribution in [0.25, 0.3) is 0 Å². The van der Waals surface area contributed by atoms with Crippen molar-refractivity contribution >= 4 is 17.5 Å². The Labute approximate surface area is 130 Å². The molecule has 1 aromatic carbocycles. The topological polar surface area (TPSA) is 109 Å². The van der Waals surface area contributed by atoms with Crippen molar-refractivity contribution in [3.63, 3.8) is 0 Å². The number of nitrogens with zero attached hydrogens (tertiary/aromatic N) is 4. The molecule has 1 atom stereocenters. The second-order valence-electron chi connectivity index (χ2n) is 4.98. The number of hydrogen-bond donors (Lipinski definition) is 1. The van der Waals surface area contributed by atoms with Gasteiger partial charge >= 0.3 is 6.09 Å². The predicted octanol–water partition coefficient (Wildman–Crippen LogP) is 2.82. The number of hydrazone groups is 1. The average Bonchev–Trinajstić information content (AvgIpc) is 3.01. The van der Waals surface area contributed by atoms with E-state index < -0.39 is 17.1 Å². The Morgan fingerprint density at radius 2 is 2.04 bits per heavy atom. The molecule has 0 radical (unpaired) electrons. The smallest absolute Gasteiger partial charge is 0.428 e. The van der Waals surface area contributed by atoms with Gasteiger partial charge in [-0.05, 0) is 29.3 Å². The highest BCUT2D eigenvalue weighted by Gasteiger charge is 2.33. The van der Waals surface area contributed by atoms with Gasteiger partial charge in [0.25, 0.3) is 5.69 Å². The van der Waals surface area contributed by atoms with Crippen LogP contribution in [0.1, 0.15) is 23.6 Å². The van der Waals surface area contributed by atoms with Crippen molar-refractivity contribution in [1.29, 1.82) is 0 Å². The second-order valence-corrected chi connectivity index (χ2v) is 4.98. The van der Waals surface area contributed by atoms with Gasteiger partial charge < -0.3 is 5.11 Å². The van der Waals surface area contributed by atoms with Crippen LogP contribution in [0.4, 0.5) is 10.5 Å². The molecule has 0 saturated heterocycles. The van der Waals surface area contributed by atoms with E-state index in [9.17, 15) is 20.0 Å². The summed E-state index contributed by atoms with van der Waals surface area (Å²) in [5.41, 5.74) is 1.95. The van der Waals surface area contributed by atoms with E-state index in [1.165, 1.54) is 12.1 Å². The van der Waals surface area contributed by atoms with Crippen LogP contribution in [0.5, 0.6) is 0 Å². The van der Waals surface area contributed by atoms with Gasteiger partial charge in [-0.1, -0.05) is 6.07 Å². The minimum absolute atomic E-state index is 0.0220. The first-order chi connectivity index (χ1) is 11.1. The molecule has 23 heavy (non-hydrogen) atoms. The fourth-order valence-electron chi connectivity index (χ4n) is 2.47. The summed E-state index contributed by atoms with van der Waals surface area (Å²) in [5, 5.41) is 25.2. The molecule has 1 amide bonds. The maximum absolute atomic E-state index is 11.4. The first-order valence-electron chi connectivity index (χ1n) is 6.80. The largest absolute Gasteiger partial charge is 0.464 e. The van der Waals surface area contributed by atoms with Crippen molar-refractivity contribution in [1.82, 2.24) is 9.99 Å². The molecule has 8 nitrogen and oxygen atoms in total. The van der Waals surface area contributed by atoms with Crippen molar-refractivity contribution in [3.8, 4) is 0 Å². The molecule has 3 rings (SSSR count). The zero-order valence-corrected chi connectivity index (χ0v) is 11.9. The number of hydrogen-bond acceptors (Lipinski definition) is 5. The van der Waals surface area contributed by atoms with Crippen LogP contribution in [-0.4, -0.2) is 31.8 Å². The lowest BCUT2D eigenvalue weighted by Crippen LogP contribution is -2.25. The number of carbonyl (C=O) groups is 1. The Hall–Kier alpha value is -3.29. The highest BCUT2D eigenvalue weighted by molar-refractivity contribution is 6.02. The number of nitro benzene ring substituents is 1. The highest BCUT2D eigenvalue weighted by Crippen LogP contribution is 2.32. The SMILES string of the molecule is O=C(O)N1N=C(c2ccc([N+](=O)[O-])cc2)C[C@H]1c1cccnc1. The molecular formula is C15H12N4O4. The minimum Gasteiger partial charge on any atom is -0.464 e. The zero-order valence-electron chi connectivity index (χ0n) is 11.9. The summed E-state index contributed by atoms with van der Waals surface area (Å²) in [7, 11) is 0. The van der Waals surface area contributed by atoms with Crippen LogP contribution in [-0.2, 0) is 0 Å². The van der Waals surface area contributed by atoms with E-state index in [-0.39, 0.29) is 5.69 Å². The van der Waals surface area contributed by atoms with Gasteiger partial charge in [-0.15, -0.1) is 0 Å². The summed E-state index contributed by atoms with van der Waals surface area (Å²) in [5.74, 6) is 0. The Bertz CT molecular complexity index is 774. The van der Waals surface area contributed by atoms with Gasteiger partial charge in [0.15, 0.2) is 0 Å². The number of carboxylic acid groups (broad SMARTS) is 1. The Kier molecular flexibility index (Phi) is 3.71. The second kappa shape index (κ2) is 5.84. The summed E-state index contributed by atoms with van der Waals surface area (Å²) in [6.45, 7) is 0. The normalized spacial score (nSPS) is 17.0. The Morgan fingerprint density at radius 3 is 2.61 bits per heavy atom. The molecule has 116 valence electrons. The predicted molar refractivity (Wildman–Crippen MR) is 81.1 cm³/mol. The standard InChI is InChI=1S/C15H12N4O4/c20-15(21)18-14(11-2-1-7-16-9-11)8-13(17-18)10-3-5-12(6-4-10)19(22)23/h1-7,9,14H,8H2,(H,20,21)/t14-/m0/s1. The van der Waals surface area contributed by atoms with Gasteiger partial charge in [-0.3, -0.25) is 15.1 Å².